The number of piperazine rings is 1. The number of nitrogens with zero attached hydrogens (tertiary/aromatic N) is 4. The van der Waals surface area contributed by atoms with Gasteiger partial charge in [-0.3, -0.25) is 9.69 Å². The third-order valence-electron chi connectivity index (χ3n) is 3.32. The molecule has 1 fully saturated rings. The van der Waals surface area contributed by atoms with Gasteiger partial charge in [-0.1, -0.05) is 5.16 Å². The van der Waals surface area contributed by atoms with Gasteiger partial charge in [-0.05, 0) is 6.92 Å². The van der Waals surface area contributed by atoms with Crippen molar-refractivity contribution in [3.8, 4) is 0 Å². The lowest BCUT2D eigenvalue weighted by atomic mass is 10.3. The van der Waals surface area contributed by atoms with Gasteiger partial charge in [-0.15, -0.1) is 11.3 Å². The van der Waals surface area contributed by atoms with Gasteiger partial charge in [0.2, 0.25) is 5.91 Å². The molecular formula is C13H17N5O2S. The van der Waals surface area contributed by atoms with Crippen molar-refractivity contribution in [2.24, 2.45) is 0 Å². The molecule has 2 aromatic heterocycles. The van der Waals surface area contributed by atoms with Crippen LogP contribution in [0.15, 0.2) is 22.2 Å². The highest BCUT2D eigenvalue weighted by molar-refractivity contribution is 7.13. The molecule has 0 spiro atoms. The van der Waals surface area contributed by atoms with E-state index >= 15 is 0 Å². The Morgan fingerprint density at radius 1 is 1.43 bits per heavy atom. The molecule has 21 heavy (non-hydrogen) atoms. The minimum absolute atomic E-state index is 0.0639. The second-order valence-electron chi connectivity index (χ2n) is 4.95. The van der Waals surface area contributed by atoms with Crippen LogP contribution in [0.25, 0.3) is 0 Å². The molecule has 0 saturated carbocycles. The van der Waals surface area contributed by atoms with Crippen molar-refractivity contribution in [2.75, 3.05) is 42.9 Å². The van der Waals surface area contributed by atoms with Crippen molar-refractivity contribution in [1.29, 1.82) is 0 Å². The SMILES string of the molecule is Cc1cc(NC(=O)CN2CCN(c3nccs3)CC2)no1. The number of hydrogen-bond donors (Lipinski definition) is 1. The highest BCUT2D eigenvalue weighted by atomic mass is 32.1. The Balaban J connectivity index is 1.45. The molecule has 0 radical (unpaired) electrons. The smallest absolute Gasteiger partial charge is 0.239 e. The molecule has 1 aliphatic rings. The van der Waals surface area contributed by atoms with Crippen molar-refractivity contribution < 1.29 is 9.32 Å². The lowest BCUT2D eigenvalue weighted by molar-refractivity contribution is -0.117. The Kier molecular flexibility index (Phi) is 4.16. The summed E-state index contributed by atoms with van der Waals surface area (Å²) >= 11 is 1.65. The van der Waals surface area contributed by atoms with Crippen LogP contribution in [-0.4, -0.2) is 53.7 Å². The first kappa shape index (κ1) is 14.0. The van der Waals surface area contributed by atoms with Crippen LogP contribution in [0, 0.1) is 6.92 Å². The molecule has 1 aliphatic heterocycles. The molecule has 112 valence electrons. The predicted octanol–water partition coefficient (Wildman–Crippen LogP) is 1.20. The van der Waals surface area contributed by atoms with Gasteiger partial charge in [0.15, 0.2) is 10.9 Å². The summed E-state index contributed by atoms with van der Waals surface area (Å²) in [6, 6.07) is 1.71. The summed E-state index contributed by atoms with van der Waals surface area (Å²) in [5.74, 6) is 1.09. The van der Waals surface area contributed by atoms with Gasteiger partial charge in [-0.25, -0.2) is 4.98 Å². The van der Waals surface area contributed by atoms with Gasteiger partial charge in [0, 0.05) is 43.8 Å². The number of anilines is 2. The first-order valence-corrected chi connectivity index (χ1v) is 7.68. The van der Waals surface area contributed by atoms with Crippen molar-refractivity contribution in [3.05, 3.63) is 23.4 Å². The van der Waals surface area contributed by atoms with E-state index in [1.165, 1.54) is 0 Å². The van der Waals surface area contributed by atoms with Gasteiger partial charge < -0.3 is 14.7 Å². The molecule has 1 amide bonds. The number of hydrogen-bond acceptors (Lipinski definition) is 7. The molecule has 8 heteroatoms. The van der Waals surface area contributed by atoms with E-state index < -0.39 is 0 Å². The van der Waals surface area contributed by atoms with Crippen molar-refractivity contribution in [2.45, 2.75) is 6.92 Å². The summed E-state index contributed by atoms with van der Waals surface area (Å²) in [5.41, 5.74) is 0. The van der Waals surface area contributed by atoms with Crippen molar-refractivity contribution in [1.82, 2.24) is 15.0 Å². The maximum absolute atomic E-state index is 11.9. The van der Waals surface area contributed by atoms with E-state index in [1.807, 2.05) is 11.6 Å². The van der Waals surface area contributed by atoms with Crippen LogP contribution in [0.4, 0.5) is 10.9 Å². The fourth-order valence-electron chi connectivity index (χ4n) is 2.28. The second kappa shape index (κ2) is 6.23. The van der Waals surface area contributed by atoms with E-state index in [1.54, 1.807) is 24.3 Å². The van der Waals surface area contributed by atoms with Crippen LogP contribution in [0.1, 0.15) is 5.76 Å². The van der Waals surface area contributed by atoms with E-state index in [0.717, 1.165) is 31.3 Å². The molecule has 1 saturated heterocycles. The number of nitrogens with one attached hydrogen (secondary N) is 1. The first-order chi connectivity index (χ1) is 10.2. The van der Waals surface area contributed by atoms with Crippen LogP contribution >= 0.6 is 11.3 Å². The van der Waals surface area contributed by atoms with E-state index in [9.17, 15) is 4.79 Å². The Labute approximate surface area is 126 Å². The fraction of sp³-hybridized carbons (Fsp3) is 0.462. The molecule has 0 aromatic carbocycles. The number of aryl methyl sites for hydroxylation is 1. The van der Waals surface area contributed by atoms with Crippen LogP contribution in [0.5, 0.6) is 0 Å². The van der Waals surface area contributed by atoms with E-state index in [4.69, 9.17) is 4.52 Å². The number of rotatable bonds is 4. The van der Waals surface area contributed by atoms with Crippen LogP contribution in [0.3, 0.4) is 0 Å². The zero-order valence-electron chi connectivity index (χ0n) is 11.8. The fourth-order valence-corrected chi connectivity index (χ4v) is 2.98. The number of thiazole rings is 1. The number of amides is 1. The Morgan fingerprint density at radius 2 is 2.24 bits per heavy atom. The van der Waals surface area contributed by atoms with Gasteiger partial charge in [0.1, 0.15) is 5.76 Å². The second-order valence-corrected chi connectivity index (χ2v) is 5.82. The molecule has 3 heterocycles. The molecule has 0 bridgehead atoms. The van der Waals surface area contributed by atoms with Gasteiger partial charge in [0.25, 0.3) is 0 Å². The van der Waals surface area contributed by atoms with Crippen LogP contribution in [-0.2, 0) is 4.79 Å². The minimum atomic E-state index is -0.0639. The highest BCUT2D eigenvalue weighted by Crippen LogP contribution is 2.18. The lowest BCUT2D eigenvalue weighted by Crippen LogP contribution is -2.48. The maximum Gasteiger partial charge on any atom is 0.239 e. The molecule has 7 nitrogen and oxygen atoms in total. The monoisotopic (exact) mass is 307 g/mol. The number of carbonyl (C=O) groups is 1. The Hall–Kier alpha value is -1.93. The highest BCUT2D eigenvalue weighted by Gasteiger charge is 2.20. The minimum Gasteiger partial charge on any atom is -0.360 e. The Morgan fingerprint density at radius 3 is 2.86 bits per heavy atom. The van der Waals surface area contributed by atoms with Gasteiger partial charge >= 0.3 is 0 Å². The molecule has 0 atom stereocenters. The van der Waals surface area contributed by atoms with E-state index in [2.05, 4.69) is 25.3 Å². The topological polar surface area (TPSA) is 74.5 Å². The van der Waals surface area contributed by atoms with Gasteiger partial charge in [0.05, 0.1) is 6.54 Å². The van der Waals surface area contributed by atoms with Crippen LogP contribution in [0.2, 0.25) is 0 Å². The predicted molar refractivity (Wildman–Crippen MR) is 80.6 cm³/mol. The largest absolute Gasteiger partial charge is 0.360 e. The first-order valence-electron chi connectivity index (χ1n) is 6.81. The number of aromatic nitrogens is 2. The quantitative estimate of drug-likeness (QED) is 0.915. The molecule has 0 aliphatic carbocycles. The standard InChI is InChI=1S/C13H17N5O2S/c1-10-8-11(16-20-10)15-12(19)9-17-3-5-18(6-4-17)13-14-2-7-21-13/h2,7-8H,3-6,9H2,1H3,(H,15,16,19). The summed E-state index contributed by atoms with van der Waals surface area (Å²) in [6.45, 7) is 5.65. The van der Waals surface area contributed by atoms with E-state index in [-0.39, 0.29) is 5.91 Å². The van der Waals surface area contributed by atoms with E-state index in [0.29, 0.717) is 18.1 Å². The summed E-state index contributed by atoms with van der Waals surface area (Å²) in [6.07, 6.45) is 1.82. The molecule has 2 aromatic rings. The third-order valence-corrected chi connectivity index (χ3v) is 4.16. The average molecular weight is 307 g/mol. The van der Waals surface area contributed by atoms with Crippen LogP contribution < -0.4 is 10.2 Å². The molecule has 1 N–H and O–H groups in total. The average Bonchev–Trinajstić information content (AvgIpc) is 3.11. The zero-order valence-corrected chi connectivity index (χ0v) is 12.6. The van der Waals surface area contributed by atoms with Crippen molar-refractivity contribution in [3.63, 3.8) is 0 Å². The Bertz CT molecular complexity index is 589. The zero-order chi connectivity index (χ0) is 14.7. The normalized spacial score (nSPS) is 16.1. The molecule has 3 rings (SSSR count). The van der Waals surface area contributed by atoms with Gasteiger partial charge in [-0.2, -0.15) is 0 Å². The third kappa shape index (κ3) is 3.59. The molecular weight excluding hydrogens is 290 g/mol. The number of carbonyl (C=O) groups excluding carboxylic acids is 1. The summed E-state index contributed by atoms with van der Waals surface area (Å²) in [5, 5.41) is 9.53. The lowest BCUT2D eigenvalue weighted by Gasteiger charge is -2.33. The summed E-state index contributed by atoms with van der Waals surface area (Å²) in [7, 11) is 0. The summed E-state index contributed by atoms with van der Waals surface area (Å²) < 4.78 is 4.92. The van der Waals surface area contributed by atoms with Crippen molar-refractivity contribution >= 4 is 28.2 Å². The maximum atomic E-state index is 11.9. The summed E-state index contributed by atoms with van der Waals surface area (Å²) in [4.78, 5) is 20.6. The molecule has 0 unspecified atom stereocenters.